The first-order valence-corrected chi connectivity index (χ1v) is 32.4. The number of amides is 2. The Morgan fingerprint density at radius 3 is 1.65 bits per heavy atom. The zero-order chi connectivity index (χ0) is 57.5. The van der Waals surface area contributed by atoms with E-state index in [0.717, 1.165) is 46.6 Å². The summed E-state index contributed by atoms with van der Waals surface area (Å²) in [6, 6.07) is 16.6. The monoisotopic (exact) mass is 1220 g/mol. The van der Waals surface area contributed by atoms with Gasteiger partial charge in [-0.15, -0.1) is 32.0 Å². The van der Waals surface area contributed by atoms with Crippen LogP contribution in [0.5, 0.6) is 0 Å². The number of aromatic nitrogens is 10. The summed E-state index contributed by atoms with van der Waals surface area (Å²) >= 11 is 5.13. The third kappa shape index (κ3) is 11.8. The molecule has 11 rings (SSSR count). The van der Waals surface area contributed by atoms with Gasteiger partial charge in [0.1, 0.15) is 24.9 Å². The van der Waals surface area contributed by atoms with Crippen LogP contribution in [0, 0.1) is 25.7 Å². The molecular weight excluding hydrogens is 1160 g/mol. The number of nitrogens with one attached hydrogen (secondary N) is 2. The van der Waals surface area contributed by atoms with Crippen LogP contribution in [-0.4, -0.2) is 135 Å². The van der Waals surface area contributed by atoms with Crippen molar-refractivity contribution in [2.45, 2.75) is 99.9 Å². The van der Waals surface area contributed by atoms with E-state index < -0.39 is 57.7 Å². The SMILES string of the molecule is CC[C@@H]1C[C@H](N)CC1c1nnc2cnc3c(ccn3S(=O)(=O)c3ccc(C)cc3)n12.CC[C@@H]1C[C@H](NS(=O)(=O)N2CCOC2=O)CC1c1nnc2cnc3c(ccn3S(=O)(=O)c3ccc(C)cc3)n12.O=C(NS(=O)(=O)Cl)OCCCl. The molecule has 0 spiro atoms. The quantitative estimate of drug-likeness (QED) is 0.0897. The van der Waals surface area contributed by atoms with Crippen LogP contribution in [0.3, 0.4) is 0 Å². The van der Waals surface area contributed by atoms with Crippen LogP contribution >= 0.6 is 22.3 Å². The van der Waals surface area contributed by atoms with Gasteiger partial charge < -0.3 is 15.2 Å². The van der Waals surface area contributed by atoms with Crippen molar-refractivity contribution >= 4 is 108 Å². The topological polar surface area (TPSA) is 338 Å². The Morgan fingerprint density at radius 2 is 1.20 bits per heavy atom. The van der Waals surface area contributed by atoms with Crippen molar-refractivity contribution in [2.75, 3.05) is 25.6 Å². The predicted molar refractivity (Wildman–Crippen MR) is 293 cm³/mol. The van der Waals surface area contributed by atoms with Crippen molar-refractivity contribution in [3.63, 3.8) is 0 Å². The standard InChI is InChI=1S/C24H27N7O6S2.C21H24N6O2S.C3H5Cl2NO4S/c1-3-16-12-17(28-39(35,36)30-10-11-37-24(30)32)13-19(16)22-27-26-21-14-25-23-20(31(21)22)8-9-29(23)38(33,34)18-6-4-15(2)5-7-18;1-3-14-10-15(22)11-17(14)20-25-24-19-12-23-21-18(27(19)20)8-9-26(21)30(28,29)16-6-4-13(2)5-7-16;4-1-2-10-3(7)6-11(5,8)9/h4-9,14,16-17,19,28H,3,10-13H2,1-2H3;4-9,12,14-15,17H,3,10-11,22H2,1-2H3;1-2H2,(H,6,7)/t16-,17+,19?;14-,15+,17?;/m11./s1. The van der Waals surface area contributed by atoms with Crippen LogP contribution in [-0.2, 0) is 49.0 Å². The number of hydrogen-bond donors (Lipinski definition) is 3. The van der Waals surface area contributed by atoms with Crippen LogP contribution in [0.25, 0.3) is 33.6 Å². The van der Waals surface area contributed by atoms with Crippen molar-refractivity contribution in [2.24, 2.45) is 17.6 Å². The molecule has 4 N–H and O–H groups in total. The van der Waals surface area contributed by atoms with E-state index in [2.05, 4.69) is 57.4 Å². The lowest BCUT2D eigenvalue weighted by atomic mass is 9.93. The summed E-state index contributed by atoms with van der Waals surface area (Å²) in [6.07, 6.45) is 8.65. The van der Waals surface area contributed by atoms with Gasteiger partial charge in [0, 0.05) is 47.0 Å². The molecule has 2 unspecified atom stereocenters. The van der Waals surface area contributed by atoms with Gasteiger partial charge in [-0.1, -0.05) is 62.1 Å². The molecule has 3 aliphatic rings. The molecule has 1 aliphatic heterocycles. The molecule has 2 aliphatic carbocycles. The van der Waals surface area contributed by atoms with Crippen molar-refractivity contribution in [1.29, 1.82) is 0 Å². The average Bonchev–Trinajstić information content (AvgIpc) is 4.42. The minimum absolute atomic E-state index is 0.0240. The van der Waals surface area contributed by atoms with E-state index in [0.29, 0.717) is 56.9 Å². The van der Waals surface area contributed by atoms with E-state index in [9.17, 15) is 43.3 Å². The van der Waals surface area contributed by atoms with Crippen molar-refractivity contribution in [1.82, 2.24) is 60.9 Å². The number of ether oxygens (including phenoxy) is 2. The zero-order valence-corrected chi connectivity index (χ0v) is 48.2. The summed E-state index contributed by atoms with van der Waals surface area (Å²) in [5.74, 6) is 2.09. The molecular formula is C48H56Cl2N14O12S4. The maximum Gasteiger partial charge on any atom is 0.424 e. The van der Waals surface area contributed by atoms with Gasteiger partial charge in [0.2, 0.25) is 0 Å². The highest BCUT2D eigenvalue weighted by atomic mass is 35.7. The molecule has 6 atom stereocenters. The lowest BCUT2D eigenvalue weighted by molar-refractivity contribution is 0.159. The minimum atomic E-state index is -4.05. The van der Waals surface area contributed by atoms with Gasteiger partial charge in [0.05, 0.1) is 45.6 Å². The number of aryl methyl sites for hydroxylation is 2. The highest BCUT2D eigenvalue weighted by Crippen LogP contribution is 2.43. The first-order valence-electron chi connectivity index (χ1n) is 25.2. The number of alkyl halides is 1. The molecule has 2 aromatic carbocycles. The molecule has 32 heteroatoms. The number of cyclic esters (lactones) is 1. The normalized spacial score (nSPS) is 20.7. The van der Waals surface area contributed by atoms with Gasteiger partial charge >= 0.3 is 31.6 Å². The van der Waals surface area contributed by atoms with E-state index in [1.165, 1.54) is 21.1 Å². The number of halogens is 2. The highest BCUT2D eigenvalue weighted by Gasteiger charge is 2.42. The Kier molecular flexibility index (Phi) is 16.8. The number of carbonyl (C=O) groups excluding carboxylic acids is 2. The zero-order valence-electron chi connectivity index (χ0n) is 43.4. The molecule has 80 heavy (non-hydrogen) atoms. The third-order valence-electron chi connectivity index (χ3n) is 14.3. The second-order valence-electron chi connectivity index (χ2n) is 19.4. The van der Waals surface area contributed by atoms with E-state index in [1.54, 1.807) is 77.5 Å². The summed E-state index contributed by atoms with van der Waals surface area (Å²) in [6.45, 7) is 7.93. The predicted octanol–water partition coefficient (Wildman–Crippen LogP) is 5.47. The van der Waals surface area contributed by atoms with Gasteiger partial charge in [-0.2, -0.15) is 25.9 Å². The molecule has 26 nitrogen and oxygen atoms in total. The average molecular weight is 1220 g/mol. The summed E-state index contributed by atoms with van der Waals surface area (Å²) in [7, 11) is -11.1. The molecule has 3 fully saturated rings. The maximum absolute atomic E-state index is 13.4. The van der Waals surface area contributed by atoms with Gasteiger partial charge in [-0.05, 0) is 87.8 Å². The fourth-order valence-electron chi connectivity index (χ4n) is 10.5. The van der Waals surface area contributed by atoms with E-state index in [-0.39, 0.29) is 64.9 Å². The van der Waals surface area contributed by atoms with Crippen LogP contribution < -0.4 is 15.2 Å². The highest BCUT2D eigenvalue weighted by molar-refractivity contribution is 8.12. The number of nitrogens with zero attached hydrogens (tertiary/aromatic N) is 11. The summed E-state index contributed by atoms with van der Waals surface area (Å²) < 4.78 is 119. The molecule has 2 saturated carbocycles. The fraction of sp³-hybridized carbons (Fsp3) is 0.417. The first-order chi connectivity index (χ1) is 37.9. The van der Waals surface area contributed by atoms with E-state index in [4.69, 9.17) is 22.1 Å². The van der Waals surface area contributed by atoms with Crippen molar-refractivity contribution in [3.05, 3.63) is 108 Å². The Morgan fingerprint density at radius 1 is 0.713 bits per heavy atom. The Bertz CT molecular complexity index is 4080. The van der Waals surface area contributed by atoms with Gasteiger partial charge in [0.15, 0.2) is 22.6 Å². The lowest BCUT2D eigenvalue weighted by Gasteiger charge is -2.18. The number of carbonyl (C=O) groups is 2. The number of rotatable bonds is 14. The molecule has 428 valence electrons. The lowest BCUT2D eigenvalue weighted by Crippen LogP contribution is -2.45. The molecule has 0 bridgehead atoms. The third-order valence-corrected chi connectivity index (χ3v) is 20.0. The smallest absolute Gasteiger partial charge is 0.424 e. The second-order valence-corrected chi connectivity index (χ2v) is 27.4. The van der Waals surface area contributed by atoms with Crippen LogP contribution in [0.4, 0.5) is 9.59 Å². The van der Waals surface area contributed by atoms with Crippen LogP contribution in [0.1, 0.15) is 87.0 Å². The second kappa shape index (κ2) is 23.1. The van der Waals surface area contributed by atoms with E-state index >= 15 is 0 Å². The molecule has 2 amide bonds. The van der Waals surface area contributed by atoms with Crippen LogP contribution in [0.15, 0.2) is 95.2 Å². The van der Waals surface area contributed by atoms with Crippen LogP contribution in [0.2, 0.25) is 0 Å². The first kappa shape index (κ1) is 58.1. The van der Waals surface area contributed by atoms with Gasteiger partial charge in [-0.3, -0.25) is 8.80 Å². The number of hydrogen-bond acceptors (Lipinski definition) is 19. The molecule has 7 heterocycles. The van der Waals surface area contributed by atoms with Crippen molar-refractivity contribution in [3.8, 4) is 0 Å². The van der Waals surface area contributed by atoms with Gasteiger partial charge in [-0.25, -0.2) is 49.1 Å². The maximum atomic E-state index is 13.4. The minimum Gasteiger partial charge on any atom is -0.448 e. The fourth-order valence-corrected chi connectivity index (χ4v) is 14.9. The largest absolute Gasteiger partial charge is 0.448 e. The number of fused-ring (bicyclic) bond motifs is 6. The summed E-state index contributed by atoms with van der Waals surface area (Å²) in [5.41, 5.74) is 11.1. The Labute approximate surface area is 469 Å². The summed E-state index contributed by atoms with van der Waals surface area (Å²) in [5, 5.41) is 17.5. The Hall–Kier alpha value is -6.54. The molecule has 1 saturated heterocycles. The number of nitrogens with two attached hydrogens (primary N) is 1. The van der Waals surface area contributed by atoms with E-state index in [1.807, 2.05) is 25.2 Å². The summed E-state index contributed by atoms with van der Waals surface area (Å²) in [4.78, 5) is 31.4. The molecule has 0 radical (unpaired) electrons. The van der Waals surface area contributed by atoms with Crippen molar-refractivity contribution < 1.29 is 52.7 Å². The number of benzene rings is 2. The van der Waals surface area contributed by atoms with Gasteiger partial charge in [0.25, 0.3) is 20.0 Å². The Balaban J connectivity index is 0.000000167. The molecule has 8 aromatic rings. The molecule has 6 aromatic heterocycles.